The maximum absolute atomic E-state index is 5.89. The van der Waals surface area contributed by atoms with Crippen molar-refractivity contribution in [3.63, 3.8) is 0 Å². The molecule has 2 rings (SSSR count). The van der Waals surface area contributed by atoms with Crippen molar-refractivity contribution in [3.8, 4) is 0 Å². The average molecular weight is 249 g/mol. The summed E-state index contributed by atoms with van der Waals surface area (Å²) in [4.78, 5) is 13.8. The van der Waals surface area contributed by atoms with E-state index < -0.39 is 0 Å². The van der Waals surface area contributed by atoms with Crippen molar-refractivity contribution >= 4 is 0 Å². The second-order valence-corrected chi connectivity index (χ2v) is 5.32. The van der Waals surface area contributed by atoms with E-state index in [1.54, 1.807) is 0 Å². The van der Waals surface area contributed by atoms with Gasteiger partial charge in [0.05, 0.1) is 6.04 Å². The third kappa shape index (κ3) is 2.68. The van der Waals surface area contributed by atoms with Crippen molar-refractivity contribution < 1.29 is 0 Å². The van der Waals surface area contributed by atoms with Crippen molar-refractivity contribution in [2.75, 3.05) is 33.7 Å². The maximum atomic E-state index is 5.89. The molecule has 0 spiro atoms. The van der Waals surface area contributed by atoms with E-state index in [9.17, 15) is 0 Å². The first-order valence-electron chi connectivity index (χ1n) is 6.47. The van der Waals surface area contributed by atoms with Crippen LogP contribution in [0.4, 0.5) is 0 Å². The first-order chi connectivity index (χ1) is 8.49. The molecule has 1 fully saturated rings. The minimum Gasteiger partial charge on any atom is -0.324 e. The molecule has 1 aromatic rings. The number of aryl methyl sites for hydroxylation is 1. The van der Waals surface area contributed by atoms with Gasteiger partial charge in [0.25, 0.3) is 0 Å². The molecule has 0 aliphatic carbocycles. The molecule has 0 bridgehead atoms. The van der Waals surface area contributed by atoms with Crippen LogP contribution in [-0.2, 0) is 0 Å². The van der Waals surface area contributed by atoms with Crippen LogP contribution >= 0.6 is 0 Å². The number of hydrogen-bond donors (Lipinski definition) is 1. The molecular weight excluding hydrogens is 226 g/mol. The van der Waals surface area contributed by atoms with Crippen LogP contribution < -0.4 is 5.73 Å². The largest absolute Gasteiger partial charge is 0.324 e. The Morgan fingerprint density at radius 3 is 2.72 bits per heavy atom. The molecule has 0 aromatic carbocycles. The highest BCUT2D eigenvalue weighted by molar-refractivity contribution is 5.20. The highest BCUT2D eigenvalue weighted by Gasteiger charge is 2.26. The van der Waals surface area contributed by atoms with Crippen molar-refractivity contribution in [1.82, 2.24) is 19.8 Å². The van der Waals surface area contributed by atoms with E-state index in [1.165, 1.54) is 0 Å². The summed E-state index contributed by atoms with van der Waals surface area (Å²) in [5, 5.41) is 0. The molecule has 5 heteroatoms. The predicted octanol–water partition coefficient (Wildman–Crippen LogP) is 0.723. The number of nitrogens with zero attached hydrogens (tertiary/aromatic N) is 4. The molecule has 18 heavy (non-hydrogen) atoms. The number of aromatic nitrogens is 2. The Balaban J connectivity index is 2.25. The standard InChI is InChI=1S/C13H23N5/c1-9(14)11-7-15-13(16-10(11)2)12-8-17(3)5-6-18(12)4/h7,9,12H,5-6,8,14H2,1-4H3. The number of piperazine rings is 1. The van der Waals surface area contributed by atoms with Crippen molar-refractivity contribution in [2.45, 2.75) is 25.9 Å². The van der Waals surface area contributed by atoms with E-state index in [4.69, 9.17) is 5.73 Å². The zero-order chi connectivity index (χ0) is 13.3. The van der Waals surface area contributed by atoms with Gasteiger partial charge in [-0.15, -0.1) is 0 Å². The molecule has 2 heterocycles. The van der Waals surface area contributed by atoms with E-state index in [0.29, 0.717) is 0 Å². The van der Waals surface area contributed by atoms with Crippen LogP contribution in [-0.4, -0.2) is 53.5 Å². The molecule has 0 saturated carbocycles. The summed E-state index contributed by atoms with van der Waals surface area (Å²) in [5.41, 5.74) is 7.92. The SMILES string of the molecule is Cc1nc(C2CN(C)CCN2C)ncc1C(C)N. The van der Waals surface area contributed by atoms with Gasteiger partial charge in [0.1, 0.15) is 5.82 Å². The van der Waals surface area contributed by atoms with Crippen LogP contribution in [0.25, 0.3) is 0 Å². The van der Waals surface area contributed by atoms with Gasteiger partial charge in [-0.3, -0.25) is 4.90 Å². The van der Waals surface area contributed by atoms with Crippen molar-refractivity contribution in [1.29, 1.82) is 0 Å². The molecule has 100 valence electrons. The second kappa shape index (κ2) is 5.30. The van der Waals surface area contributed by atoms with Crippen LogP contribution in [0.3, 0.4) is 0 Å². The quantitative estimate of drug-likeness (QED) is 0.837. The fraction of sp³-hybridized carbons (Fsp3) is 0.692. The molecule has 1 aliphatic rings. The molecular formula is C13H23N5. The predicted molar refractivity (Wildman–Crippen MR) is 72.2 cm³/mol. The lowest BCUT2D eigenvalue weighted by atomic mass is 10.1. The van der Waals surface area contributed by atoms with Gasteiger partial charge in [0, 0.05) is 43.1 Å². The summed E-state index contributed by atoms with van der Waals surface area (Å²) in [6, 6.07) is 0.274. The van der Waals surface area contributed by atoms with Crippen LogP contribution in [0, 0.1) is 6.92 Å². The first-order valence-corrected chi connectivity index (χ1v) is 6.47. The summed E-state index contributed by atoms with van der Waals surface area (Å²) in [7, 11) is 4.28. The number of hydrogen-bond acceptors (Lipinski definition) is 5. The monoisotopic (exact) mass is 249 g/mol. The third-order valence-corrected chi connectivity index (χ3v) is 3.68. The van der Waals surface area contributed by atoms with Gasteiger partial charge >= 0.3 is 0 Å². The van der Waals surface area contributed by atoms with Crippen LogP contribution in [0.5, 0.6) is 0 Å². The summed E-state index contributed by atoms with van der Waals surface area (Å²) >= 11 is 0. The lowest BCUT2D eigenvalue weighted by Gasteiger charge is -2.36. The van der Waals surface area contributed by atoms with Gasteiger partial charge < -0.3 is 10.6 Å². The number of nitrogens with two attached hydrogens (primary N) is 1. The smallest absolute Gasteiger partial charge is 0.146 e. The minimum atomic E-state index is -0.00851. The third-order valence-electron chi connectivity index (χ3n) is 3.68. The second-order valence-electron chi connectivity index (χ2n) is 5.32. The maximum Gasteiger partial charge on any atom is 0.146 e. The van der Waals surface area contributed by atoms with Crippen LogP contribution in [0.1, 0.15) is 36.1 Å². The highest BCUT2D eigenvalue weighted by atomic mass is 15.3. The Hall–Kier alpha value is -1.04. The molecule has 0 amide bonds. The molecule has 1 aromatic heterocycles. The minimum absolute atomic E-state index is 0.00851. The fourth-order valence-electron chi connectivity index (χ4n) is 2.39. The lowest BCUT2D eigenvalue weighted by molar-refractivity contribution is 0.109. The highest BCUT2D eigenvalue weighted by Crippen LogP contribution is 2.22. The van der Waals surface area contributed by atoms with Gasteiger partial charge in [-0.1, -0.05) is 0 Å². The van der Waals surface area contributed by atoms with Gasteiger partial charge in [-0.05, 0) is 27.9 Å². The molecule has 2 unspecified atom stereocenters. The van der Waals surface area contributed by atoms with Crippen LogP contribution in [0.2, 0.25) is 0 Å². The van der Waals surface area contributed by atoms with E-state index in [0.717, 1.165) is 36.7 Å². The zero-order valence-corrected chi connectivity index (χ0v) is 11.7. The Morgan fingerprint density at radius 2 is 2.11 bits per heavy atom. The zero-order valence-electron chi connectivity index (χ0n) is 11.7. The molecule has 1 saturated heterocycles. The van der Waals surface area contributed by atoms with E-state index in [2.05, 4.69) is 33.9 Å². The molecule has 5 nitrogen and oxygen atoms in total. The molecule has 1 aliphatic heterocycles. The van der Waals surface area contributed by atoms with Crippen molar-refractivity contribution in [2.24, 2.45) is 5.73 Å². The lowest BCUT2D eigenvalue weighted by Crippen LogP contribution is -2.45. The van der Waals surface area contributed by atoms with E-state index in [-0.39, 0.29) is 12.1 Å². The Kier molecular flexibility index (Phi) is 3.94. The topological polar surface area (TPSA) is 58.3 Å². The molecule has 2 N–H and O–H groups in total. The summed E-state index contributed by atoms with van der Waals surface area (Å²) in [6.07, 6.45) is 1.88. The Morgan fingerprint density at radius 1 is 1.39 bits per heavy atom. The van der Waals surface area contributed by atoms with Gasteiger partial charge in [0.15, 0.2) is 0 Å². The van der Waals surface area contributed by atoms with E-state index >= 15 is 0 Å². The number of likely N-dealkylation sites (N-methyl/N-ethyl adjacent to an activating group) is 2. The number of rotatable bonds is 2. The molecule has 2 atom stereocenters. The fourth-order valence-corrected chi connectivity index (χ4v) is 2.39. The summed E-state index contributed by atoms with van der Waals surface area (Å²) in [6.45, 7) is 7.11. The Bertz CT molecular complexity index is 418. The first kappa shape index (κ1) is 13.4. The van der Waals surface area contributed by atoms with E-state index in [1.807, 2.05) is 20.0 Å². The average Bonchev–Trinajstić information content (AvgIpc) is 2.31. The summed E-state index contributed by atoms with van der Waals surface area (Å²) in [5.74, 6) is 0.908. The van der Waals surface area contributed by atoms with Gasteiger partial charge in [0.2, 0.25) is 0 Å². The van der Waals surface area contributed by atoms with Gasteiger partial charge in [-0.25, -0.2) is 9.97 Å². The van der Waals surface area contributed by atoms with Crippen LogP contribution in [0.15, 0.2) is 6.20 Å². The normalized spacial score (nSPS) is 24.2. The Labute approximate surface area is 109 Å². The molecule has 0 radical (unpaired) electrons. The van der Waals surface area contributed by atoms with Gasteiger partial charge in [-0.2, -0.15) is 0 Å². The van der Waals surface area contributed by atoms with Crippen molar-refractivity contribution in [3.05, 3.63) is 23.3 Å². The summed E-state index contributed by atoms with van der Waals surface area (Å²) < 4.78 is 0.